The molecule has 0 aromatic rings. The van der Waals surface area contributed by atoms with E-state index in [1.807, 2.05) is 5.32 Å². The highest BCUT2D eigenvalue weighted by Gasteiger charge is 2.46. The maximum absolute atomic E-state index is 11.9. The highest BCUT2D eigenvalue weighted by Crippen LogP contribution is 2.24. The average Bonchev–Trinajstić information content (AvgIpc) is 2.12. The quantitative estimate of drug-likeness (QED) is 0.721. The van der Waals surface area contributed by atoms with Crippen molar-refractivity contribution in [2.45, 2.75) is 37.7 Å². The lowest BCUT2D eigenvalue weighted by Crippen LogP contribution is -2.66. The summed E-state index contributed by atoms with van der Waals surface area (Å²) in [7, 11) is 0. The smallest absolute Gasteiger partial charge is 0.376 e. The summed E-state index contributed by atoms with van der Waals surface area (Å²) in [5.74, 6) is -1.97. The minimum Gasteiger partial charge on any atom is -0.376 e. The van der Waals surface area contributed by atoms with E-state index in [1.54, 1.807) is 6.92 Å². The summed E-state index contributed by atoms with van der Waals surface area (Å²) in [6.07, 6.45) is -4.81. The average molecular weight is 226 g/mol. The van der Waals surface area contributed by atoms with Gasteiger partial charge >= 0.3 is 12.1 Å². The van der Waals surface area contributed by atoms with Gasteiger partial charge in [0.25, 0.3) is 0 Å². The van der Waals surface area contributed by atoms with Crippen molar-refractivity contribution in [1.29, 1.82) is 0 Å². The molecule has 0 radical (unpaired) electrons. The van der Waals surface area contributed by atoms with Gasteiger partial charge in [0.05, 0.1) is 12.1 Å². The number of carbonyl (C=O) groups is 1. The number of alkyl halides is 3. The van der Waals surface area contributed by atoms with E-state index in [0.717, 1.165) is 0 Å². The van der Waals surface area contributed by atoms with Crippen molar-refractivity contribution in [1.82, 2.24) is 5.32 Å². The molecule has 7 heteroatoms. The van der Waals surface area contributed by atoms with Gasteiger partial charge in [-0.3, -0.25) is 4.79 Å². The summed E-state index contributed by atoms with van der Waals surface area (Å²) in [6, 6.07) is -1.20. The van der Waals surface area contributed by atoms with Crippen molar-refractivity contribution in [2.75, 3.05) is 6.61 Å². The van der Waals surface area contributed by atoms with Gasteiger partial charge in [-0.1, -0.05) is 0 Å². The lowest BCUT2D eigenvalue weighted by Gasteiger charge is -2.42. The molecule has 1 aliphatic carbocycles. The molecular formula is C8H13F3N2O2. The number of halogens is 3. The number of amides is 1. The van der Waals surface area contributed by atoms with Gasteiger partial charge in [-0.15, -0.1) is 0 Å². The molecule has 1 amide bonds. The van der Waals surface area contributed by atoms with Gasteiger partial charge in [-0.2, -0.15) is 13.2 Å². The molecule has 1 saturated carbocycles. The molecule has 1 fully saturated rings. The Morgan fingerprint density at radius 1 is 1.60 bits per heavy atom. The van der Waals surface area contributed by atoms with Gasteiger partial charge in [0.1, 0.15) is 0 Å². The fourth-order valence-electron chi connectivity index (χ4n) is 1.46. The molecule has 0 aromatic heterocycles. The third-order valence-corrected chi connectivity index (χ3v) is 2.30. The number of hydrogen-bond donors (Lipinski definition) is 2. The molecule has 0 aromatic carbocycles. The van der Waals surface area contributed by atoms with Gasteiger partial charge in [0, 0.05) is 12.6 Å². The third-order valence-electron chi connectivity index (χ3n) is 2.30. The van der Waals surface area contributed by atoms with Crippen LogP contribution in [-0.2, 0) is 9.53 Å². The van der Waals surface area contributed by atoms with E-state index in [4.69, 9.17) is 10.5 Å². The van der Waals surface area contributed by atoms with Gasteiger partial charge in [-0.25, -0.2) is 0 Å². The Labute approximate surface area is 84.9 Å². The zero-order chi connectivity index (χ0) is 11.6. The van der Waals surface area contributed by atoms with Crippen LogP contribution in [0.5, 0.6) is 0 Å². The maximum atomic E-state index is 11.9. The van der Waals surface area contributed by atoms with Crippen molar-refractivity contribution >= 4 is 5.91 Å². The molecule has 0 bridgehead atoms. The van der Waals surface area contributed by atoms with E-state index in [9.17, 15) is 18.0 Å². The molecule has 3 N–H and O–H groups in total. The first kappa shape index (κ1) is 12.3. The first-order valence-electron chi connectivity index (χ1n) is 4.61. The Balaban J connectivity index is 2.46. The monoisotopic (exact) mass is 226 g/mol. The van der Waals surface area contributed by atoms with Crippen LogP contribution in [0, 0.1) is 0 Å². The van der Waals surface area contributed by atoms with Crippen LogP contribution >= 0.6 is 0 Å². The Hall–Kier alpha value is -0.820. The summed E-state index contributed by atoms with van der Waals surface area (Å²) in [5.41, 5.74) is 5.47. The van der Waals surface area contributed by atoms with E-state index in [-0.39, 0.29) is 0 Å². The number of carbonyl (C=O) groups excluding carboxylic acids is 1. The first-order chi connectivity index (χ1) is 6.86. The first-order valence-corrected chi connectivity index (χ1v) is 4.61. The van der Waals surface area contributed by atoms with Crippen molar-refractivity contribution in [3.05, 3.63) is 0 Å². The van der Waals surface area contributed by atoms with Crippen LogP contribution in [0.3, 0.4) is 0 Å². The summed E-state index contributed by atoms with van der Waals surface area (Å²) in [6.45, 7) is 2.11. The Morgan fingerprint density at radius 2 is 2.20 bits per heavy atom. The predicted molar refractivity (Wildman–Crippen MR) is 46.0 cm³/mol. The van der Waals surface area contributed by atoms with E-state index in [1.165, 1.54) is 0 Å². The van der Waals surface area contributed by atoms with Crippen molar-refractivity contribution in [3.63, 3.8) is 0 Å². The number of nitrogens with two attached hydrogens (primary N) is 1. The minimum absolute atomic E-state index is 0.385. The molecule has 88 valence electrons. The standard InChI is InChI=1S/C8H13F3N2O2/c1-2-15-5-3-4(12)6(5)13-7(14)8(9,10)11/h4-6H,2-3,12H2,1H3,(H,13,14). The minimum atomic E-state index is -4.87. The lowest BCUT2D eigenvalue weighted by atomic mass is 9.83. The molecule has 4 nitrogen and oxygen atoms in total. The Bertz CT molecular complexity index is 243. The normalized spacial score (nSPS) is 30.9. The van der Waals surface area contributed by atoms with Crippen LogP contribution in [0.2, 0.25) is 0 Å². The SMILES string of the molecule is CCOC1CC(N)C1NC(=O)C(F)(F)F. The lowest BCUT2D eigenvalue weighted by molar-refractivity contribution is -0.177. The summed E-state index contributed by atoms with van der Waals surface area (Å²) >= 11 is 0. The molecule has 0 aliphatic heterocycles. The van der Waals surface area contributed by atoms with E-state index >= 15 is 0 Å². The summed E-state index contributed by atoms with van der Waals surface area (Å²) in [4.78, 5) is 10.6. The fraction of sp³-hybridized carbons (Fsp3) is 0.875. The topological polar surface area (TPSA) is 64.3 Å². The van der Waals surface area contributed by atoms with E-state index in [0.29, 0.717) is 13.0 Å². The Kier molecular flexibility index (Phi) is 3.56. The van der Waals surface area contributed by atoms with Crippen LogP contribution in [0.4, 0.5) is 13.2 Å². The van der Waals surface area contributed by atoms with E-state index in [2.05, 4.69) is 0 Å². The summed E-state index contributed by atoms with van der Waals surface area (Å²) in [5, 5.41) is 1.83. The molecule has 3 atom stereocenters. The van der Waals surface area contributed by atoms with Crippen molar-refractivity contribution < 1.29 is 22.7 Å². The predicted octanol–water partition coefficient (Wildman–Crippen LogP) is 0.170. The molecule has 1 aliphatic rings. The number of nitrogens with one attached hydrogen (secondary N) is 1. The van der Waals surface area contributed by atoms with Crippen molar-refractivity contribution in [2.24, 2.45) is 5.73 Å². The van der Waals surface area contributed by atoms with Crippen LogP contribution < -0.4 is 11.1 Å². The van der Waals surface area contributed by atoms with Crippen LogP contribution in [0.15, 0.2) is 0 Å². The molecule has 1 rings (SSSR count). The highest BCUT2D eigenvalue weighted by atomic mass is 19.4. The van der Waals surface area contributed by atoms with Gasteiger partial charge in [0.15, 0.2) is 0 Å². The summed E-state index contributed by atoms with van der Waals surface area (Å²) < 4.78 is 40.9. The highest BCUT2D eigenvalue weighted by molar-refractivity contribution is 5.82. The van der Waals surface area contributed by atoms with E-state index < -0.39 is 30.3 Å². The fourth-order valence-corrected chi connectivity index (χ4v) is 1.46. The number of ether oxygens (including phenoxy) is 1. The maximum Gasteiger partial charge on any atom is 0.471 e. The van der Waals surface area contributed by atoms with Crippen molar-refractivity contribution in [3.8, 4) is 0 Å². The van der Waals surface area contributed by atoms with Crippen LogP contribution in [0.25, 0.3) is 0 Å². The zero-order valence-corrected chi connectivity index (χ0v) is 8.17. The van der Waals surface area contributed by atoms with Gasteiger partial charge < -0.3 is 15.8 Å². The second-order valence-corrected chi connectivity index (χ2v) is 3.39. The molecule has 0 saturated heterocycles. The second-order valence-electron chi connectivity index (χ2n) is 3.39. The van der Waals surface area contributed by atoms with Gasteiger partial charge in [0.2, 0.25) is 0 Å². The zero-order valence-electron chi connectivity index (χ0n) is 8.17. The molecular weight excluding hydrogens is 213 g/mol. The molecule has 3 unspecified atom stereocenters. The number of rotatable bonds is 3. The van der Waals surface area contributed by atoms with Gasteiger partial charge in [-0.05, 0) is 13.3 Å². The molecule has 0 heterocycles. The Morgan fingerprint density at radius 3 is 2.60 bits per heavy atom. The largest absolute Gasteiger partial charge is 0.471 e. The second kappa shape index (κ2) is 4.36. The third kappa shape index (κ3) is 2.82. The molecule has 15 heavy (non-hydrogen) atoms. The molecule has 0 spiro atoms. The number of hydrogen-bond acceptors (Lipinski definition) is 3. The van der Waals surface area contributed by atoms with Crippen LogP contribution in [0.1, 0.15) is 13.3 Å². The van der Waals surface area contributed by atoms with Crippen LogP contribution in [-0.4, -0.2) is 36.9 Å².